The molecule has 0 aliphatic heterocycles. The highest BCUT2D eigenvalue weighted by Crippen LogP contribution is 2.23. The molecule has 0 N–H and O–H groups in total. The fourth-order valence-electron chi connectivity index (χ4n) is 1.36. The van der Waals surface area contributed by atoms with Crippen LogP contribution in [-0.4, -0.2) is 6.61 Å². The van der Waals surface area contributed by atoms with Gasteiger partial charge in [-0.3, -0.25) is 0 Å². The Bertz CT molecular complexity index is 168. The summed E-state index contributed by atoms with van der Waals surface area (Å²) in [4.78, 5) is 0. The Morgan fingerprint density at radius 3 is 3.00 bits per heavy atom. The van der Waals surface area contributed by atoms with Crippen molar-refractivity contribution in [2.45, 2.75) is 32.6 Å². The van der Waals surface area contributed by atoms with Gasteiger partial charge >= 0.3 is 0 Å². The third-order valence-corrected chi connectivity index (χ3v) is 1.97. The first-order valence-electron chi connectivity index (χ1n) is 4.35. The van der Waals surface area contributed by atoms with Crippen molar-refractivity contribution in [1.82, 2.24) is 0 Å². The fourth-order valence-corrected chi connectivity index (χ4v) is 1.36. The van der Waals surface area contributed by atoms with Gasteiger partial charge in [-0.15, -0.1) is 0 Å². The molecule has 0 saturated carbocycles. The van der Waals surface area contributed by atoms with E-state index in [0.717, 1.165) is 18.8 Å². The molecule has 0 aromatic carbocycles. The lowest BCUT2D eigenvalue weighted by Gasteiger charge is -2.14. The molecule has 0 atom stereocenters. The third kappa shape index (κ3) is 2.41. The molecule has 0 aromatic heterocycles. The van der Waals surface area contributed by atoms with Gasteiger partial charge in [-0.1, -0.05) is 12.7 Å². The van der Waals surface area contributed by atoms with Gasteiger partial charge < -0.3 is 4.74 Å². The summed E-state index contributed by atoms with van der Waals surface area (Å²) in [7, 11) is 0. The molecule has 0 heterocycles. The monoisotopic (exact) mass is 152 g/mol. The van der Waals surface area contributed by atoms with Crippen LogP contribution >= 0.6 is 0 Å². The van der Waals surface area contributed by atoms with Crippen LogP contribution in [0.5, 0.6) is 0 Å². The normalized spacial score (nSPS) is 17.4. The minimum absolute atomic E-state index is 0.732. The molecule has 0 radical (unpaired) electrons. The van der Waals surface area contributed by atoms with Gasteiger partial charge in [0, 0.05) is 0 Å². The Hall–Kier alpha value is -0.720. The molecule has 0 unspecified atom stereocenters. The van der Waals surface area contributed by atoms with Gasteiger partial charge in [0.25, 0.3) is 0 Å². The first kappa shape index (κ1) is 8.38. The Morgan fingerprint density at radius 2 is 2.45 bits per heavy atom. The van der Waals surface area contributed by atoms with Gasteiger partial charge in [0.05, 0.1) is 6.61 Å². The maximum atomic E-state index is 5.32. The maximum Gasteiger partial charge on any atom is 0.114 e. The fraction of sp³-hybridized carbons (Fsp3) is 0.600. The van der Waals surface area contributed by atoms with Crippen molar-refractivity contribution >= 4 is 0 Å². The molecular weight excluding hydrogens is 136 g/mol. The maximum absolute atomic E-state index is 5.32. The van der Waals surface area contributed by atoms with Crippen LogP contribution < -0.4 is 0 Å². The number of hydrogen-bond acceptors (Lipinski definition) is 1. The standard InChI is InChI=1S/C10H16O/c1-3-11-9(2)10-7-5-4-6-8-10/h7H,2-6,8H2,1H3. The quantitative estimate of drug-likeness (QED) is 0.565. The van der Waals surface area contributed by atoms with Crippen molar-refractivity contribution in [2.75, 3.05) is 6.61 Å². The minimum Gasteiger partial charge on any atom is -0.494 e. The Balaban J connectivity index is 2.44. The highest BCUT2D eigenvalue weighted by atomic mass is 16.5. The summed E-state index contributed by atoms with van der Waals surface area (Å²) >= 11 is 0. The molecule has 1 heteroatoms. The molecule has 11 heavy (non-hydrogen) atoms. The average Bonchev–Trinajstić information content (AvgIpc) is 2.07. The molecular formula is C10H16O. The van der Waals surface area contributed by atoms with Crippen LogP contribution in [0, 0.1) is 0 Å². The highest BCUT2D eigenvalue weighted by Gasteiger charge is 2.06. The van der Waals surface area contributed by atoms with Crippen molar-refractivity contribution in [3.8, 4) is 0 Å². The Kier molecular flexibility index (Phi) is 3.21. The van der Waals surface area contributed by atoms with E-state index in [9.17, 15) is 0 Å². The molecule has 0 spiro atoms. The number of ether oxygens (including phenoxy) is 1. The summed E-state index contributed by atoms with van der Waals surface area (Å²) in [5.41, 5.74) is 1.32. The predicted molar refractivity (Wildman–Crippen MR) is 47.3 cm³/mol. The smallest absolute Gasteiger partial charge is 0.114 e. The van der Waals surface area contributed by atoms with Gasteiger partial charge in [0.2, 0.25) is 0 Å². The van der Waals surface area contributed by atoms with E-state index in [1.165, 1.54) is 24.8 Å². The number of hydrogen-bond donors (Lipinski definition) is 0. The first-order chi connectivity index (χ1) is 5.34. The van der Waals surface area contributed by atoms with Gasteiger partial charge in [0.15, 0.2) is 0 Å². The van der Waals surface area contributed by atoms with Gasteiger partial charge in [0.1, 0.15) is 5.76 Å². The molecule has 1 rings (SSSR count). The third-order valence-electron chi connectivity index (χ3n) is 1.97. The molecule has 1 aliphatic carbocycles. The second-order valence-electron chi connectivity index (χ2n) is 2.83. The van der Waals surface area contributed by atoms with E-state index in [4.69, 9.17) is 4.74 Å². The van der Waals surface area contributed by atoms with E-state index in [2.05, 4.69) is 12.7 Å². The van der Waals surface area contributed by atoms with Crippen molar-refractivity contribution in [3.05, 3.63) is 24.0 Å². The second kappa shape index (κ2) is 4.22. The zero-order valence-electron chi connectivity index (χ0n) is 7.23. The molecule has 0 saturated heterocycles. The zero-order chi connectivity index (χ0) is 8.10. The molecule has 62 valence electrons. The molecule has 1 nitrogen and oxygen atoms in total. The Morgan fingerprint density at radius 1 is 1.64 bits per heavy atom. The summed E-state index contributed by atoms with van der Waals surface area (Å²) < 4.78 is 5.32. The van der Waals surface area contributed by atoms with E-state index in [1.54, 1.807) is 0 Å². The van der Waals surface area contributed by atoms with Crippen molar-refractivity contribution in [1.29, 1.82) is 0 Å². The Labute approximate surface area is 68.8 Å². The summed E-state index contributed by atoms with van der Waals surface area (Å²) in [5, 5.41) is 0. The van der Waals surface area contributed by atoms with Crippen LogP contribution in [0.15, 0.2) is 24.0 Å². The highest BCUT2D eigenvalue weighted by molar-refractivity contribution is 5.24. The number of rotatable bonds is 3. The largest absolute Gasteiger partial charge is 0.494 e. The van der Waals surface area contributed by atoms with Crippen LogP contribution in [-0.2, 0) is 4.74 Å². The molecule has 0 aromatic rings. The SMILES string of the molecule is C=C(OCC)C1=CCCCC1. The lowest BCUT2D eigenvalue weighted by molar-refractivity contribution is 0.236. The molecule has 0 fully saturated rings. The molecule has 1 aliphatic rings. The van der Waals surface area contributed by atoms with Crippen molar-refractivity contribution in [2.24, 2.45) is 0 Å². The van der Waals surface area contributed by atoms with Gasteiger partial charge in [-0.2, -0.15) is 0 Å². The van der Waals surface area contributed by atoms with Crippen LogP contribution in [0.25, 0.3) is 0 Å². The summed E-state index contributed by atoms with van der Waals surface area (Å²) in [6.07, 6.45) is 7.21. The first-order valence-corrected chi connectivity index (χ1v) is 4.35. The molecule has 0 bridgehead atoms. The van der Waals surface area contributed by atoms with Crippen molar-refractivity contribution < 1.29 is 4.74 Å². The lowest BCUT2D eigenvalue weighted by atomic mass is 9.99. The van der Waals surface area contributed by atoms with E-state index >= 15 is 0 Å². The van der Waals surface area contributed by atoms with Crippen LogP contribution in [0.4, 0.5) is 0 Å². The average molecular weight is 152 g/mol. The number of allylic oxidation sites excluding steroid dienone is 2. The van der Waals surface area contributed by atoms with E-state index in [0.29, 0.717) is 0 Å². The van der Waals surface area contributed by atoms with Crippen LogP contribution in [0.3, 0.4) is 0 Å². The summed E-state index contributed by atoms with van der Waals surface area (Å²) in [5.74, 6) is 0.882. The van der Waals surface area contributed by atoms with Crippen LogP contribution in [0.1, 0.15) is 32.6 Å². The van der Waals surface area contributed by atoms with Gasteiger partial charge in [-0.05, 0) is 38.2 Å². The van der Waals surface area contributed by atoms with Gasteiger partial charge in [-0.25, -0.2) is 0 Å². The van der Waals surface area contributed by atoms with Crippen LogP contribution in [0.2, 0.25) is 0 Å². The lowest BCUT2D eigenvalue weighted by Crippen LogP contribution is -1.98. The summed E-state index contributed by atoms with van der Waals surface area (Å²) in [6.45, 7) is 6.60. The zero-order valence-corrected chi connectivity index (χ0v) is 7.23. The minimum atomic E-state index is 0.732. The second-order valence-corrected chi connectivity index (χ2v) is 2.83. The van der Waals surface area contributed by atoms with Crippen molar-refractivity contribution in [3.63, 3.8) is 0 Å². The van der Waals surface area contributed by atoms with E-state index in [1.807, 2.05) is 6.92 Å². The predicted octanol–water partition coefficient (Wildman–Crippen LogP) is 3.04. The van der Waals surface area contributed by atoms with E-state index < -0.39 is 0 Å². The van der Waals surface area contributed by atoms with E-state index in [-0.39, 0.29) is 0 Å². The topological polar surface area (TPSA) is 9.23 Å². The summed E-state index contributed by atoms with van der Waals surface area (Å²) in [6, 6.07) is 0. The molecule has 0 amide bonds.